The highest BCUT2D eigenvalue weighted by Gasteiger charge is 2.23. The molecule has 2 rings (SSSR count). The summed E-state index contributed by atoms with van der Waals surface area (Å²) in [5.74, 6) is -0.184. The first-order valence-electron chi connectivity index (χ1n) is 7.60. The normalized spacial score (nSPS) is 21.1. The fraction of sp³-hybridized carbons (Fsp3) is 0.533. The van der Waals surface area contributed by atoms with Crippen LogP contribution in [0.3, 0.4) is 0 Å². The van der Waals surface area contributed by atoms with Crippen molar-refractivity contribution < 1.29 is 9.59 Å². The lowest BCUT2D eigenvalue weighted by Gasteiger charge is -2.29. The van der Waals surface area contributed by atoms with Crippen LogP contribution in [0.1, 0.15) is 42.6 Å². The van der Waals surface area contributed by atoms with Gasteiger partial charge in [0.15, 0.2) is 0 Å². The minimum atomic E-state index is -0.185. The standard InChI is InChI=1S/C15H23N5O2/c16-8-7-14(21)19-11-2-4-12(5-3-11)20-15(22)13-6-1-10(17)9-18-13/h1,6,9,11-12H,2-5,7-8,16-17H2,(H,19,21)(H,20,22)/t11-,12-. The molecule has 7 heteroatoms. The van der Waals surface area contributed by atoms with Crippen LogP contribution in [0.4, 0.5) is 5.69 Å². The summed E-state index contributed by atoms with van der Waals surface area (Å²) < 4.78 is 0. The average molecular weight is 305 g/mol. The second kappa shape index (κ2) is 7.74. The number of hydrogen-bond acceptors (Lipinski definition) is 5. The lowest BCUT2D eigenvalue weighted by molar-refractivity contribution is -0.121. The number of rotatable bonds is 5. The Kier molecular flexibility index (Phi) is 5.71. The number of aromatic nitrogens is 1. The number of amides is 2. The van der Waals surface area contributed by atoms with Crippen molar-refractivity contribution in [2.24, 2.45) is 5.73 Å². The third-order valence-electron chi connectivity index (χ3n) is 3.82. The van der Waals surface area contributed by atoms with Gasteiger partial charge >= 0.3 is 0 Å². The first-order valence-corrected chi connectivity index (χ1v) is 7.60. The van der Waals surface area contributed by atoms with Crippen molar-refractivity contribution >= 4 is 17.5 Å². The molecule has 22 heavy (non-hydrogen) atoms. The summed E-state index contributed by atoms with van der Waals surface area (Å²) in [6.45, 7) is 0.367. The summed E-state index contributed by atoms with van der Waals surface area (Å²) in [6.07, 6.45) is 5.23. The molecule has 1 heterocycles. The third-order valence-corrected chi connectivity index (χ3v) is 3.82. The Labute approximate surface area is 129 Å². The molecule has 0 unspecified atom stereocenters. The maximum Gasteiger partial charge on any atom is 0.270 e. The molecular formula is C15H23N5O2. The summed E-state index contributed by atoms with van der Waals surface area (Å²) >= 11 is 0. The second-order valence-electron chi connectivity index (χ2n) is 5.60. The number of nitrogens with zero attached hydrogens (tertiary/aromatic N) is 1. The molecule has 1 aliphatic rings. The van der Waals surface area contributed by atoms with Crippen LogP contribution in [0.15, 0.2) is 18.3 Å². The third kappa shape index (κ3) is 4.70. The molecule has 7 nitrogen and oxygen atoms in total. The van der Waals surface area contributed by atoms with Crippen LogP contribution in [-0.4, -0.2) is 35.4 Å². The highest BCUT2D eigenvalue weighted by molar-refractivity contribution is 5.92. The maximum atomic E-state index is 12.1. The van der Waals surface area contributed by atoms with Crippen LogP contribution >= 0.6 is 0 Å². The minimum Gasteiger partial charge on any atom is -0.397 e. The molecule has 0 spiro atoms. The van der Waals surface area contributed by atoms with E-state index < -0.39 is 0 Å². The Balaban J connectivity index is 1.76. The van der Waals surface area contributed by atoms with Crippen molar-refractivity contribution in [3.8, 4) is 0 Å². The summed E-state index contributed by atoms with van der Waals surface area (Å²) in [6, 6.07) is 3.58. The van der Waals surface area contributed by atoms with E-state index in [4.69, 9.17) is 11.5 Å². The molecule has 1 aromatic rings. The molecule has 0 aliphatic heterocycles. The molecule has 0 aromatic carbocycles. The first kappa shape index (κ1) is 16.2. The van der Waals surface area contributed by atoms with E-state index >= 15 is 0 Å². The molecule has 6 N–H and O–H groups in total. The van der Waals surface area contributed by atoms with Crippen LogP contribution in [-0.2, 0) is 4.79 Å². The highest BCUT2D eigenvalue weighted by Crippen LogP contribution is 2.19. The maximum absolute atomic E-state index is 12.1. The van der Waals surface area contributed by atoms with Gasteiger partial charge in [-0.2, -0.15) is 0 Å². The summed E-state index contributed by atoms with van der Waals surface area (Å²) in [5.41, 5.74) is 11.8. The number of nitrogens with two attached hydrogens (primary N) is 2. The van der Waals surface area contributed by atoms with Crippen molar-refractivity contribution in [3.05, 3.63) is 24.0 Å². The topological polar surface area (TPSA) is 123 Å². The second-order valence-corrected chi connectivity index (χ2v) is 5.60. The zero-order valence-corrected chi connectivity index (χ0v) is 12.5. The molecule has 1 aliphatic carbocycles. The molecule has 0 radical (unpaired) electrons. The molecular weight excluding hydrogens is 282 g/mol. The lowest BCUT2D eigenvalue weighted by Crippen LogP contribution is -2.44. The number of pyridine rings is 1. The van der Waals surface area contributed by atoms with E-state index in [1.54, 1.807) is 12.1 Å². The van der Waals surface area contributed by atoms with Gasteiger partial charge in [0.2, 0.25) is 5.91 Å². The first-order chi connectivity index (χ1) is 10.6. The van der Waals surface area contributed by atoms with E-state index in [-0.39, 0.29) is 23.9 Å². The summed E-state index contributed by atoms with van der Waals surface area (Å²) in [7, 11) is 0. The van der Waals surface area contributed by atoms with E-state index in [0.717, 1.165) is 25.7 Å². The van der Waals surface area contributed by atoms with E-state index in [1.165, 1.54) is 6.20 Å². The SMILES string of the molecule is NCCC(=O)N[C@H]1CC[C@H](NC(=O)c2ccc(N)cn2)CC1. The largest absolute Gasteiger partial charge is 0.397 e. The van der Waals surface area contributed by atoms with Crippen molar-refractivity contribution in [2.75, 3.05) is 12.3 Å². The van der Waals surface area contributed by atoms with Crippen molar-refractivity contribution in [2.45, 2.75) is 44.2 Å². The summed E-state index contributed by atoms with van der Waals surface area (Å²) in [4.78, 5) is 27.6. The lowest BCUT2D eigenvalue weighted by atomic mass is 9.91. The number of carbonyl (C=O) groups excluding carboxylic acids is 2. The van der Waals surface area contributed by atoms with Gasteiger partial charge in [-0.1, -0.05) is 0 Å². The predicted molar refractivity (Wildman–Crippen MR) is 84.0 cm³/mol. The van der Waals surface area contributed by atoms with E-state index in [2.05, 4.69) is 15.6 Å². The number of nitrogens with one attached hydrogen (secondary N) is 2. The quantitative estimate of drug-likeness (QED) is 0.617. The van der Waals surface area contributed by atoms with Crippen molar-refractivity contribution in [1.82, 2.24) is 15.6 Å². The molecule has 0 bridgehead atoms. The Morgan fingerprint density at radius 1 is 1.14 bits per heavy atom. The van der Waals surface area contributed by atoms with Crippen LogP contribution < -0.4 is 22.1 Å². The Morgan fingerprint density at radius 2 is 1.77 bits per heavy atom. The van der Waals surface area contributed by atoms with Crippen LogP contribution in [0.25, 0.3) is 0 Å². The van der Waals surface area contributed by atoms with Crippen LogP contribution in [0.2, 0.25) is 0 Å². The van der Waals surface area contributed by atoms with Crippen LogP contribution in [0, 0.1) is 0 Å². The molecule has 1 fully saturated rings. The van der Waals surface area contributed by atoms with Gasteiger partial charge in [0.25, 0.3) is 5.91 Å². The molecule has 0 atom stereocenters. The number of anilines is 1. The van der Waals surface area contributed by atoms with Gasteiger partial charge in [0, 0.05) is 25.0 Å². The van der Waals surface area contributed by atoms with Gasteiger partial charge in [0.1, 0.15) is 5.69 Å². The van der Waals surface area contributed by atoms with Gasteiger partial charge in [-0.25, -0.2) is 4.98 Å². The Bertz CT molecular complexity index is 509. The van der Waals surface area contributed by atoms with Crippen molar-refractivity contribution in [3.63, 3.8) is 0 Å². The highest BCUT2D eigenvalue weighted by atomic mass is 16.2. The smallest absolute Gasteiger partial charge is 0.270 e. The average Bonchev–Trinajstić information content (AvgIpc) is 2.50. The molecule has 1 aromatic heterocycles. The van der Waals surface area contributed by atoms with Gasteiger partial charge in [-0.05, 0) is 37.8 Å². The van der Waals surface area contributed by atoms with E-state index in [1.807, 2.05) is 0 Å². The van der Waals surface area contributed by atoms with Crippen LogP contribution in [0.5, 0.6) is 0 Å². The molecule has 2 amide bonds. The fourth-order valence-electron chi connectivity index (χ4n) is 2.61. The van der Waals surface area contributed by atoms with Gasteiger partial charge in [0.05, 0.1) is 11.9 Å². The predicted octanol–water partition coefficient (Wildman–Crippen LogP) is 0.170. The zero-order chi connectivity index (χ0) is 15.9. The molecule has 0 saturated heterocycles. The van der Waals surface area contributed by atoms with Crippen molar-refractivity contribution in [1.29, 1.82) is 0 Å². The number of nitrogen functional groups attached to an aromatic ring is 1. The Hall–Kier alpha value is -2.15. The summed E-state index contributed by atoms with van der Waals surface area (Å²) in [5, 5.41) is 5.95. The van der Waals surface area contributed by atoms with Gasteiger partial charge in [-0.3, -0.25) is 9.59 Å². The fourth-order valence-corrected chi connectivity index (χ4v) is 2.61. The number of carbonyl (C=O) groups is 2. The molecule has 1 saturated carbocycles. The Morgan fingerprint density at radius 3 is 2.32 bits per heavy atom. The van der Waals surface area contributed by atoms with E-state index in [0.29, 0.717) is 24.3 Å². The van der Waals surface area contributed by atoms with Gasteiger partial charge < -0.3 is 22.1 Å². The monoisotopic (exact) mass is 305 g/mol. The number of hydrogen-bond donors (Lipinski definition) is 4. The van der Waals surface area contributed by atoms with Gasteiger partial charge in [-0.15, -0.1) is 0 Å². The molecule has 120 valence electrons. The van der Waals surface area contributed by atoms with E-state index in [9.17, 15) is 9.59 Å². The minimum absolute atomic E-state index is 0.000981. The zero-order valence-electron chi connectivity index (χ0n) is 12.5.